The van der Waals surface area contributed by atoms with Crippen molar-refractivity contribution in [2.45, 2.75) is 59.2 Å². The summed E-state index contributed by atoms with van der Waals surface area (Å²) in [5.41, 5.74) is -0.385. The fourth-order valence-corrected chi connectivity index (χ4v) is 3.92. The number of benzene rings is 1. The van der Waals surface area contributed by atoms with Crippen LogP contribution in [0.1, 0.15) is 45.1 Å². The number of aryl methyl sites for hydroxylation is 1. The molecule has 0 atom stereocenters. The largest absolute Gasteiger partial charge is 0.494 e. The topological polar surface area (TPSA) is 104 Å². The smallest absolute Gasteiger partial charge is 0.332 e. The molecule has 1 aromatic carbocycles. The molecule has 0 saturated heterocycles. The van der Waals surface area contributed by atoms with E-state index >= 15 is 0 Å². The van der Waals surface area contributed by atoms with Gasteiger partial charge >= 0.3 is 5.69 Å². The van der Waals surface area contributed by atoms with Gasteiger partial charge in [0, 0.05) is 13.1 Å². The fraction of sp³-hybridized carbons (Fsp3) is 0.391. The lowest BCUT2D eigenvalue weighted by atomic mass is 10.2. The number of nitrogens with zero attached hydrogens (tertiary/aromatic N) is 5. The van der Waals surface area contributed by atoms with Crippen LogP contribution >= 0.6 is 0 Å². The van der Waals surface area contributed by atoms with Crippen LogP contribution in [0.4, 0.5) is 0 Å². The summed E-state index contributed by atoms with van der Waals surface area (Å²) in [6, 6.07) is 10.5. The summed E-state index contributed by atoms with van der Waals surface area (Å²) in [5.74, 6) is -0.126. The van der Waals surface area contributed by atoms with E-state index in [1.54, 1.807) is 0 Å². The molecule has 0 spiro atoms. The van der Waals surface area contributed by atoms with Crippen molar-refractivity contribution < 1.29 is 5.11 Å². The average Bonchev–Trinajstić information content (AvgIpc) is 3.18. The molecule has 168 valence electrons. The maximum absolute atomic E-state index is 13.3. The Morgan fingerprint density at radius 1 is 0.906 bits per heavy atom. The van der Waals surface area contributed by atoms with Gasteiger partial charge in [-0.25, -0.2) is 9.20 Å². The van der Waals surface area contributed by atoms with Crippen LogP contribution in [0.15, 0.2) is 50.8 Å². The van der Waals surface area contributed by atoms with Gasteiger partial charge in [-0.1, -0.05) is 57.0 Å². The van der Waals surface area contributed by atoms with Crippen molar-refractivity contribution in [3.63, 3.8) is 0 Å². The molecule has 0 fully saturated rings. The second kappa shape index (κ2) is 8.86. The van der Waals surface area contributed by atoms with Gasteiger partial charge in [0.1, 0.15) is 0 Å². The van der Waals surface area contributed by atoms with Gasteiger partial charge in [-0.05, 0) is 18.4 Å². The molecule has 0 aliphatic heterocycles. The summed E-state index contributed by atoms with van der Waals surface area (Å²) < 4.78 is 5.36. The standard InChI is InChI=1S/C23H27N5O4/c1-3-5-12-25-20-19(21(31)26(23(25)32)13-6-4-2)28-18(30)14-17(29)27(22(28)24-20)15-16-10-8-7-9-11-16/h7-11,14,29H,3-6,12-13,15H2,1-2H3. The third kappa shape index (κ3) is 3.63. The normalized spacial score (nSPS) is 11.6. The van der Waals surface area contributed by atoms with Crippen LogP contribution < -0.4 is 16.8 Å². The summed E-state index contributed by atoms with van der Waals surface area (Å²) >= 11 is 0. The first-order chi connectivity index (χ1) is 15.5. The first kappa shape index (κ1) is 21.6. The van der Waals surface area contributed by atoms with Crippen LogP contribution in [-0.4, -0.2) is 28.2 Å². The van der Waals surface area contributed by atoms with E-state index in [1.165, 1.54) is 18.1 Å². The second-order valence-electron chi connectivity index (χ2n) is 7.93. The first-order valence-electron chi connectivity index (χ1n) is 11.0. The zero-order chi connectivity index (χ0) is 22.8. The third-order valence-electron chi connectivity index (χ3n) is 5.65. The minimum atomic E-state index is -0.566. The summed E-state index contributed by atoms with van der Waals surface area (Å²) in [5, 5.41) is 10.5. The highest BCUT2D eigenvalue weighted by atomic mass is 16.3. The van der Waals surface area contributed by atoms with Crippen LogP contribution in [-0.2, 0) is 19.6 Å². The van der Waals surface area contributed by atoms with E-state index in [2.05, 4.69) is 4.98 Å². The number of fused-ring (bicyclic) bond motifs is 3. The summed E-state index contributed by atoms with van der Waals surface area (Å²) in [7, 11) is 0. The molecule has 9 heteroatoms. The quantitative estimate of drug-likeness (QED) is 0.456. The third-order valence-corrected chi connectivity index (χ3v) is 5.65. The molecule has 0 amide bonds. The highest BCUT2D eigenvalue weighted by Gasteiger charge is 2.22. The number of unbranched alkanes of at least 4 members (excludes halogenated alkanes) is 2. The molecule has 0 radical (unpaired) electrons. The molecule has 3 aromatic heterocycles. The Balaban J connectivity index is 2.08. The van der Waals surface area contributed by atoms with Gasteiger partial charge < -0.3 is 5.11 Å². The Labute approximate surface area is 183 Å². The Morgan fingerprint density at radius 3 is 2.22 bits per heavy atom. The molecule has 0 unspecified atom stereocenters. The van der Waals surface area contributed by atoms with Crippen LogP contribution in [0.25, 0.3) is 16.9 Å². The molecule has 9 nitrogen and oxygen atoms in total. The van der Waals surface area contributed by atoms with Gasteiger partial charge in [0.25, 0.3) is 11.1 Å². The number of aromatic nitrogens is 5. The van der Waals surface area contributed by atoms with E-state index in [0.717, 1.165) is 30.9 Å². The van der Waals surface area contributed by atoms with Gasteiger partial charge in [-0.3, -0.25) is 23.3 Å². The van der Waals surface area contributed by atoms with E-state index in [0.29, 0.717) is 13.0 Å². The molecule has 32 heavy (non-hydrogen) atoms. The number of aromatic hydroxyl groups is 1. The van der Waals surface area contributed by atoms with Gasteiger partial charge in [0.2, 0.25) is 5.78 Å². The molecular formula is C23H27N5O4. The van der Waals surface area contributed by atoms with E-state index in [1.807, 2.05) is 44.2 Å². The molecule has 0 aliphatic carbocycles. The lowest BCUT2D eigenvalue weighted by Gasteiger charge is -2.11. The fourth-order valence-electron chi connectivity index (χ4n) is 3.92. The Morgan fingerprint density at radius 2 is 1.56 bits per heavy atom. The predicted octanol–water partition coefficient (Wildman–Crippen LogP) is 2.33. The second-order valence-corrected chi connectivity index (χ2v) is 7.93. The molecule has 3 heterocycles. The summed E-state index contributed by atoms with van der Waals surface area (Å²) in [6.07, 6.45) is 3.08. The molecule has 0 saturated carbocycles. The van der Waals surface area contributed by atoms with E-state index in [4.69, 9.17) is 0 Å². The van der Waals surface area contributed by atoms with Crippen molar-refractivity contribution in [3.05, 3.63) is 73.2 Å². The van der Waals surface area contributed by atoms with Crippen LogP contribution in [0.2, 0.25) is 0 Å². The molecule has 0 bridgehead atoms. The van der Waals surface area contributed by atoms with Crippen molar-refractivity contribution in [3.8, 4) is 5.88 Å². The minimum Gasteiger partial charge on any atom is -0.494 e. The molecule has 4 aromatic rings. The van der Waals surface area contributed by atoms with Gasteiger partial charge in [-0.2, -0.15) is 4.98 Å². The summed E-state index contributed by atoms with van der Waals surface area (Å²) in [6.45, 7) is 4.92. The van der Waals surface area contributed by atoms with Crippen LogP contribution in [0.5, 0.6) is 5.88 Å². The van der Waals surface area contributed by atoms with Crippen molar-refractivity contribution in [2.75, 3.05) is 0 Å². The Bertz CT molecular complexity index is 1440. The highest BCUT2D eigenvalue weighted by Crippen LogP contribution is 2.18. The zero-order valence-corrected chi connectivity index (χ0v) is 18.3. The van der Waals surface area contributed by atoms with Gasteiger partial charge in [-0.15, -0.1) is 0 Å². The lowest BCUT2D eigenvalue weighted by molar-refractivity contribution is 0.419. The lowest BCUT2D eigenvalue weighted by Crippen LogP contribution is -2.41. The minimum absolute atomic E-state index is 0.0682. The van der Waals surface area contributed by atoms with Crippen molar-refractivity contribution in [1.82, 2.24) is 23.1 Å². The average molecular weight is 438 g/mol. The maximum Gasteiger partial charge on any atom is 0.332 e. The number of hydrogen-bond donors (Lipinski definition) is 1. The predicted molar refractivity (Wildman–Crippen MR) is 123 cm³/mol. The highest BCUT2D eigenvalue weighted by molar-refractivity contribution is 5.75. The number of rotatable bonds is 8. The maximum atomic E-state index is 13.3. The van der Waals surface area contributed by atoms with E-state index in [9.17, 15) is 19.5 Å². The number of imidazole rings is 1. The SMILES string of the molecule is CCCCn1c(=O)c2c(nc3n(Cc4ccccc4)c(O)cc(=O)n23)n(CCCC)c1=O. The van der Waals surface area contributed by atoms with Crippen molar-refractivity contribution in [2.24, 2.45) is 0 Å². The van der Waals surface area contributed by atoms with Gasteiger partial charge in [0.15, 0.2) is 17.0 Å². The molecule has 1 N–H and O–H groups in total. The Hall–Kier alpha value is -3.62. The monoisotopic (exact) mass is 437 g/mol. The van der Waals surface area contributed by atoms with E-state index in [-0.39, 0.29) is 35.9 Å². The van der Waals surface area contributed by atoms with E-state index < -0.39 is 16.8 Å². The van der Waals surface area contributed by atoms with Crippen LogP contribution in [0, 0.1) is 0 Å². The zero-order valence-electron chi connectivity index (χ0n) is 18.3. The number of hydrogen-bond acceptors (Lipinski definition) is 5. The van der Waals surface area contributed by atoms with Crippen molar-refractivity contribution in [1.29, 1.82) is 0 Å². The molecule has 4 rings (SSSR count). The first-order valence-corrected chi connectivity index (χ1v) is 11.0. The Kier molecular flexibility index (Phi) is 5.98. The van der Waals surface area contributed by atoms with Crippen LogP contribution in [0.3, 0.4) is 0 Å². The molecule has 0 aliphatic rings. The van der Waals surface area contributed by atoms with Gasteiger partial charge in [0.05, 0.1) is 12.6 Å². The summed E-state index contributed by atoms with van der Waals surface area (Å²) in [4.78, 5) is 43.9. The molecular weight excluding hydrogens is 410 g/mol. The van der Waals surface area contributed by atoms with Crippen molar-refractivity contribution >= 4 is 16.9 Å².